The standard InChI is InChI=1S/C25H29NO5/c1-25(2,3)18-15-17(11-12-19(18)31-5)22(27)20-21(16-9-7-6-8-10-16)26(13-14-30-4)24(29)23(20)28/h6-12,15,21,27H,13-14H2,1-5H3/b22-20-. The van der Waals surface area contributed by atoms with Crippen molar-refractivity contribution in [2.45, 2.75) is 32.2 Å². The van der Waals surface area contributed by atoms with Crippen molar-refractivity contribution >= 4 is 17.4 Å². The number of ether oxygens (including phenoxy) is 2. The number of ketones is 1. The van der Waals surface area contributed by atoms with Gasteiger partial charge in [-0.15, -0.1) is 0 Å². The van der Waals surface area contributed by atoms with E-state index in [0.717, 1.165) is 11.1 Å². The molecule has 0 radical (unpaired) electrons. The number of carbonyl (C=O) groups is 2. The summed E-state index contributed by atoms with van der Waals surface area (Å²) in [5.41, 5.74) is 1.95. The van der Waals surface area contributed by atoms with E-state index in [2.05, 4.69) is 0 Å². The quantitative estimate of drug-likeness (QED) is 0.431. The second-order valence-corrected chi connectivity index (χ2v) is 8.56. The maximum Gasteiger partial charge on any atom is 0.295 e. The second-order valence-electron chi connectivity index (χ2n) is 8.56. The Kier molecular flexibility index (Phi) is 6.51. The predicted octanol–water partition coefficient (Wildman–Crippen LogP) is 4.06. The summed E-state index contributed by atoms with van der Waals surface area (Å²) in [5.74, 6) is -0.836. The SMILES string of the molecule is COCCN1C(=O)C(=O)/C(=C(\O)c2ccc(OC)c(C(C)(C)C)c2)C1c1ccccc1. The van der Waals surface area contributed by atoms with Gasteiger partial charge in [0.25, 0.3) is 11.7 Å². The number of hydrogen-bond donors (Lipinski definition) is 1. The van der Waals surface area contributed by atoms with E-state index < -0.39 is 17.7 Å². The number of methoxy groups -OCH3 is 2. The lowest BCUT2D eigenvalue weighted by atomic mass is 9.84. The zero-order valence-electron chi connectivity index (χ0n) is 18.6. The summed E-state index contributed by atoms with van der Waals surface area (Å²) in [5, 5.41) is 11.2. The molecule has 0 spiro atoms. The van der Waals surface area contributed by atoms with Crippen LogP contribution in [0.2, 0.25) is 0 Å². The lowest BCUT2D eigenvalue weighted by Crippen LogP contribution is -2.32. The summed E-state index contributed by atoms with van der Waals surface area (Å²) >= 11 is 0. The molecule has 164 valence electrons. The van der Waals surface area contributed by atoms with E-state index in [1.54, 1.807) is 26.4 Å². The number of amides is 1. The molecule has 6 nitrogen and oxygen atoms in total. The van der Waals surface area contributed by atoms with Crippen LogP contribution in [-0.2, 0) is 19.7 Å². The zero-order valence-corrected chi connectivity index (χ0v) is 18.6. The highest BCUT2D eigenvalue weighted by Crippen LogP contribution is 2.40. The third kappa shape index (κ3) is 4.35. The van der Waals surface area contributed by atoms with Gasteiger partial charge in [-0.1, -0.05) is 51.1 Å². The monoisotopic (exact) mass is 423 g/mol. The first-order valence-corrected chi connectivity index (χ1v) is 10.2. The van der Waals surface area contributed by atoms with Gasteiger partial charge in [0.05, 0.1) is 25.3 Å². The van der Waals surface area contributed by atoms with Crippen LogP contribution in [0.15, 0.2) is 54.1 Å². The van der Waals surface area contributed by atoms with E-state index in [4.69, 9.17) is 9.47 Å². The molecule has 0 aromatic heterocycles. The molecule has 3 rings (SSSR count). The van der Waals surface area contributed by atoms with Gasteiger partial charge in [-0.3, -0.25) is 9.59 Å². The normalized spacial score (nSPS) is 18.5. The van der Waals surface area contributed by atoms with Gasteiger partial charge >= 0.3 is 0 Å². The molecule has 1 amide bonds. The number of hydrogen-bond acceptors (Lipinski definition) is 5. The van der Waals surface area contributed by atoms with Crippen molar-refractivity contribution in [3.8, 4) is 5.75 Å². The molecule has 0 saturated carbocycles. The summed E-state index contributed by atoms with van der Waals surface area (Å²) in [6.45, 7) is 6.66. The number of aliphatic hydroxyl groups is 1. The molecule has 6 heteroatoms. The predicted molar refractivity (Wildman–Crippen MR) is 119 cm³/mol. The molecule has 2 aromatic rings. The number of carbonyl (C=O) groups excluding carboxylic acids is 2. The summed E-state index contributed by atoms with van der Waals surface area (Å²) in [6.07, 6.45) is 0. The molecule has 0 aliphatic carbocycles. The van der Waals surface area contributed by atoms with Gasteiger partial charge in [-0.05, 0) is 29.2 Å². The number of Topliss-reactive ketones (excluding diaryl/α,β-unsaturated/α-hetero) is 1. The number of benzene rings is 2. The second kappa shape index (κ2) is 8.94. The number of rotatable bonds is 6. The fraction of sp³-hybridized carbons (Fsp3) is 0.360. The van der Waals surface area contributed by atoms with Gasteiger partial charge < -0.3 is 19.5 Å². The van der Waals surface area contributed by atoms with E-state index in [1.165, 1.54) is 4.90 Å². The lowest BCUT2D eigenvalue weighted by molar-refractivity contribution is -0.140. The summed E-state index contributed by atoms with van der Waals surface area (Å²) in [4.78, 5) is 27.3. The van der Waals surface area contributed by atoms with Crippen LogP contribution in [0.3, 0.4) is 0 Å². The van der Waals surface area contributed by atoms with Crippen molar-refractivity contribution in [2.24, 2.45) is 0 Å². The van der Waals surface area contributed by atoms with Crippen molar-refractivity contribution in [1.82, 2.24) is 4.90 Å². The average molecular weight is 424 g/mol. The zero-order chi connectivity index (χ0) is 22.8. The van der Waals surface area contributed by atoms with Crippen molar-refractivity contribution < 1.29 is 24.2 Å². The number of likely N-dealkylation sites (tertiary alicyclic amines) is 1. The Balaban J connectivity index is 2.19. The molecular formula is C25H29NO5. The van der Waals surface area contributed by atoms with E-state index in [-0.39, 0.29) is 29.9 Å². The van der Waals surface area contributed by atoms with Crippen molar-refractivity contribution in [1.29, 1.82) is 0 Å². The van der Waals surface area contributed by atoms with Crippen LogP contribution >= 0.6 is 0 Å². The summed E-state index contributed by atoms with van der Waals surface area (Å²) in [6, 6.07) is 13.9. The van der Waals surface area contributed by atoms with Gasteiger partial charge in [0.2, 0.25) is 0 Å². The van der Waals surface area contributed by atoms with Crippen LogP contribution in [0.25, 0.3) is 5.76 Å². The van der Waals surface area contributed by atoms with Crippen LogP contribution in [-0.4, -0.2) is 49.1 Å². The van der Waals surface area contributed by atoms with E-state index >= 15 is 0 Å². The molecule has 1 unspecified atom stereocenters. The Morgan fingerprint density at radius 2 is 1.74 bits per heavy atom. The molecule has 1 atom stereocenters. The summed E-state index contributed by atoms with van der Waals surface area (Å²) in [7, 11) is 3.14. The molecule has 1 N–H and O–H groups in total. The summed E-state index contributed by atoms with van der Waals surface area (Å²) < 4.78 is 10.6. The fourth-order valence-electron chi connectivity index (χ4n) is 3.88. The topological polar surface area (TPSA) is 76.1 Å². The lowest BCUT2D eigenvalue weighted by Gasteiger charge is -2.25. The maximum atomic E-state index is 13.0. The van der Waals surface area contributed by atoms with Gasteiger partial charge in [-0.25, -0.2) is 0 Å². The van der Waals surface area contributed by atoms with Gasteiger partial charge in [0.15, 0.2) is 0 Å². The molecule has 1 aliphatic heterocycles. The Hall–Kier alpha value is -3.12. The average Bonchev–Trinajstić information content (AvgIpc) is 3.01. The largest absolute Gasteiger partial charge is 0.507 e. The van der Waals surface area contributed by atoms with E-state index in [0.29, 0.717) is 11.3 Å². The van der Waals surface area contributed by atoms with E-state index in [1.807, 2.05) is 57.2 Å². The Bertz CT molecular complexity index is 1000. The highest BCUT2D eigenvalue weighted by Gasteiger charge is 2.45. The minimum atomic E-state index is -0.699. The van der Waals surface area contributed by atoms with Crippen LogP contribution in [0, 0.1) is 0 Å². The third-order valence-corrected chi connectivity index (χ3v) is 5.47. The van der Waals surface area contributed by atoms with Crippen molar-refractivity contribution in [3.05, 3.63) is 70.8 Å². The first-order valence-electron chi connectivity index (χ1n) is 10.2. The van der Waals surface area contributed by atoms with Gasteiger partial charge in [0, 0.05) is 24.8 Å². The molecule has 1 aliphatic rings. The van der Waals surface area contributed by atoms with Crippen LogP contribution < -0.4 is 4.74 Å². The first-order chi connectivity index (χ1) is 14.7. The third-order valence-electron chi connectivity index (χ3n) is 5.47. The van der Waals surface area contributed by atoms with Crippen molar-refractivity contribution in [2.75, 3.05) is 27.4 Å². The molecule has 31 heavy (non-hydrogen) atoms. The van der Waals surface area contributed by atoms with Crippen molar-refractivity contribution in [3.63, 3.8) is 0 Å². The molecule has 1 fully saturated rings. The Labute approximate surface area is 183 Å². The van der Waals surface area contributed by atoms with Gasteiger partial charge in [-0.2, -0.15) is 0 Å². The molecule has 1 heterocycles. The Morgan fingerprint density at radius 1 is 1.06 bits per heavy atom. The maximum absolute atomic E-state index is 13.0. The smallest absolute Gasteiger partial charge is 0.295 e. The fourth-order valence-corrected chi connectivity index (χ4v) is 3.88. The number of aliphatic hydroxyl groups excluding tert-OH is 1. The molecule has 2 aromatic carbocycles. The molecule has 0 bridgehead atoms. The minimum absolute atomic E-state index is 0.0809. The molecular weight excluding hydrogens is 394 g/mol. The van der Waals surface area contributed by atoms with Crippen LogP contribution in [0.1, 0.15) is 43.5 Å². The Morgan fingerprint density at radius 3 is 2.32 bits per heavy atom. The highest BCUT2D eigenvalue weighted by atomic mass is 16.5. The van der Waals surface area contributed by atoms with E-state index in [9.17, 15) is 14.7 Å². The highest BCUT2D eigenvalue weighted by molar-refractivity contribution is 6.46. The number of nitrogens with zero attached hydrogens (tertiary/aromatic N) is 1. The first kappa shape index (κ1) is 22.6. The van der Waals surface area contributed by atoms with Gasteiger partial charge in [0.1, 0.15) is 11.5 Å². The minimum Gasteiger partial charge on any atom is -0.507 e. The van der Waals surface area contributed by atoms with Crippen LogP contribution in [0.5, 0.6) is 5.75 Å². The molecule has 1 saturated heterocycles. The van der Waals surface area contributed by atoms with Crippen LogP contribution in [0.4, 0.5) is 0 Å².